The second-order valence-corrected chi connectivity index (χ2v) is 3.74. The molecular weight excluding hydrogens is 164 g/mol. The quantitative estimate of drug-likeness (QED) is 0.467. The van der Waals surface area contributed by atoms with Gasteiger partial charge in [0.2, 0.25) is 0 Å². The van der Waals surface area contributed by atoms with Crippen LogP contribution >= 0.6 is 0 Å². The SMILES string of the molecule is Oc1ccc(O)c2c1CC=C1C[C@@H]12. The predicted octanol–water partition coefficient (Wildman–Crippen LogP) is 2.07. The smallest absolute Gasteiger partial charge is 0.119 e. The molecule has 1 aromatic carbocycles. The highest BCUT2D eigenvalue weighted by Gasteiger charge is 2.38. The zero-order chi connectivity index (χ0) is 9.00. The van der Waals surface area contributed by atoms with Gasteiger partial charge in [0, 0.05) is 17.0 Å². The zero-order valence-corrected chi connectivity index (χ0v) is 7.12. The molecule has 0 unspecified atom stereocenters. The van der Waals surface area contributed by atoms with Crippen LogP contribution in [-0.2, 0) is 6.42 Å². The Balaban J connectivity index is 2.27. The average Bonchev–Trinajstić information content (AvgIpc) is 2.89. The minimum Gasteiger partial charge on any atom is -0.508 e. The van der Waals surface area contributed by atoms with Crippen LogP contribution in [0, 0.1) is 0 Å². The van der Waals surface area contributed by atoms with Crippen LogP contribution in [0.25, 0.3) is 0 Å². The van der Waals surface area contributed by atoms with E-state index >= 15 is 0 Å². The monoisotopic (exact) mass is 174 g/mol. The normalized spacial score (nSPS) is 23.1. The van der Waals surface area contributed by atoms with Gasteiger partial charge < -0.3 is 10.2 Å². The van der Waals surface area contributed by atoms with Gasteiger partial charge in [0.05, 0.1) is 0 Å². The van der Waals surface area contributed by atoms with Crippen molar-refractivity contribution < 1.29 is 10.2 Å². The summed E-state index contributed by atoms with van der Waals surface area (Å²) < 4.78 is 0. The van der Waals surface area contributed by atoms with Crippen LogP contribution in [0.5, 0.6) is 11.5 Å². The van der Waals surface area contributed by atoms with E-state index in [1.54, 1.807) is 12.1 Å². The van der Waals surface area contributed by atoms with Crippen LogP contribution in [0.15, 0.2) is 23.8 Å². The van der Waals surface area contributed by atoms with Crippen molar-refractivity contribution in [2.45, 2.75) is 18.8 Å². The van der Waals surface area contributed by atoms with Gasteiger partial charge in [-0.3, -0.25) is 0 Å². The molecule has 66 valence electrons. The highest BCUT2D eigenvalue weighted by atomic mass is 16.3. The molecule has 0 spiro atoms. The van der Waals surface area contributed by atoms with Crippen molar-refractivity contribution in [1.29, 1.82) is 0 Å². The predicted molar refractivity (Wildman–Crippen MR) is 48.9 cm³/mol. The summed E-state index contributed by atoms with van der Waals surface area (Å²) in [5.41, 5.74) is 3.28. The van der Waals surface area contributed by atoms with E-state index in [1.807, 2.05) is 0 Å². The van der Waals surface area contributed by atoms with E-state index in [-0.39, 0.29) is 0 Å². The highest BCUT2D eigenvalue weighted by molar-refractivity contribution is 5.59. The molecule has 2 heteroatoms. The Morgan fingerprint density at radius 2 is 1.92 bits per heavy atom. The molecule has 1 saturated carbocycles. The summed E-state index contributed by atoms with van der Waals surface area (Å²) in [6, 6.07) is 3.14. The second kappa shape index (κ2) is 2.08. The minimum absolute atomic E-state index is 0.315. The topological polar surface area (TPSA) is 40.5 Å². The maximum absolute atomic E-state index is 9.64. The van der Waals surface area contributed by atoms with Gasteiger partial charge in [-0.25, -0.2) is 0 Å². The first-order valence-corrected chi connectivity index (χ1v) is 4.50. The van der Waals surface area contributed by atoms with E-state index in [0.29, 0.717) is 17.4 Å². The third-order valence-corrected chi connectivity index (χ3v) is 2.95. The highest BCUT2D eigenvalue weighted by Crippen LogP contribution is 2.55. The second-order valence-electron chi connectivity index (χ2n) is 3.74. The van der Waals surface area contributed by atoms with Crippen LogP contribution in [0.1, 0.15) is 23.5 Å². The van der Waals surface area contributed by atoms with Crippen molar-refractivity contribution in [3.8, 4) is 11.5 Å². The number of benzene rings is 1. The Kier molecular flexibility index (Phi) is 1.12. The third kappa shape index (κ3) is 0.829. The van der Waals surface area contributed by atoms with Crippen molar-refractivity contribution in [3.63, 3.8) is 0 Å². The average molecular weight is 174 g/mol. The first-order chi connectivity index (χ1) is 6.27. The fourth-order valence-electron chi connectivity index (χ4n) is 2.17. The summed E-state index contributed by atoms with van der Waals surface area (Å²) in [6.45, 7) is 0. The maximum Gasteiger partial charge on any atom is 0.119 e. The number of hydrogen-bond donors (Lipinski definition) is 2. The van der Waals surface area contributed by atoms with Gasteiger partial charge in [0.15, 0.2) is 0 Å². The lowest BCUT2D eigenvalue weighted by atomic mass is 9.94. The van der Waals surface area contributed by atoms with E-state index < -0.39 is 0 Å². The summed E-state index contributed by atoms with van der Waals surface area (Å²) in [5.74, 6) is 1.05. The summed E-state index contributed by atoms with van der Waals surface area (Å²) in [6.07, 6.45) is 3.98. The molecule has 3 rings (SSSR count). The first-order valence-electron chi connectivity index (χ1n) is 4.50. The Morgan fingerprint density at radius 3 is 2.77 bits per heavy atom. The van der Waals surface area contributed by atoms with Crippen molar-refractivity contribution in [1.82, 2.24) is 0 Å². The minimum atomic E-state index is 0.315. The van der Waals surface area contributed by atoms with Gasteiger partial charge in [-0.15, -0.1) is 0 Å². The molecule has 0 saturated heterocycles. The molecule has 2 nitrogen and oxygen atoms in total. The fourth-order valence-corrected chi connectivity index (χ4v) is 2.17. The van der Waals surface area contributed by atoms with Crippen molar-refractivity contribution in [2.24, 2.45) is 0 Å². The van der Waals surface area contributed by atoms with Crippen LogP contribution in [0.4, 0.5) is 0 Å². The molecule has 0 heterocycles. The summed E-state index contributed by atoms with van der Waals surface area (Å²) in [5, 5.41) is 19.2. The van der Waals surface area contributed by atoms with Crippen LogP contribution in [0.2, 0.25) is 0 Å². The lowest BCUT2D eigenvalue weighted by molar-refractivity contribution is 0.449. The van der Waals surface area contributed by atoms with Crippen LogP contribution in [0.3, 0.4) is 0 Å². The number of aromatic hydroxyl groups is 2. The number of fused-ring (bicyclic) bond motifs is 3. The van der Waals surface area contributed by atoms with Gasteiger partial charge in [-0.1, -0.05) is 11.6 Å². The Bertz CT molecular complexity index is 418. The molecule has 1 atom stereocenters. The molecule has 1 fully saturated rings. The molecule has 2 aliphatic carbocycles. The molecular formula is C11H10O2. The number of allylic oxidation sites excluding steroid dienone is 2. The largest absolute Gasteiger partial charge is 0.508 e. The Labute approximate surface area is 76.1 Å². The summed E-state index contributed by atoms with van der Waals surface area (Å²) >= 11 is 0. The Morgan fingerprint density at radius 1 is 1.15 bits per heavy atom. The van der Waals surface area contributed by atoms with E-state index in [9.17, 15) is 10.2 Å². The Hall–Kier alpha value is -1.44. The van der Waals surface area contributed by atoms with Crippen LogP contribution in [-0.4, -0.2) is 10.2 Å². The lowest BCUT2D eigenvalue weighted by Gasteiger charge is -2.13. The van der Waals surface area contributed by atoms with Crippen molar-refractivity contribution in [2.75, 3.05) is 0 Å². The van der Waals surface area contributed by atoms with Crippen LogP contribution < -0.4 is 0 Å². The third-order valence-electron chi connectivity index (χ3n) is 2.95. The standard InChI is InChI=1S/C11H10O2/c12-9-3-4-10(13)11-7(9)2-1-6-5-8(6)11/h1,3-4,8,12-13H,2,5H2/t8-/m0/s1. The number of rotatable bonds is 0. The van der Waals surface area contributed by atoms with Gasteiger partial charge in [-0.05, 0) is 25.0 Å². The fraction of sp³-hybridized carbons (Fsp3) is 0.273. The van der Waals surface area contributed by atoms with Gasteiger partial charge >= 0.3 is 0 Å². The van der Waals surface area contributed by atoms with E-state index in [1.165, 1.54) is 5.57 Å². The van der Waals surface area contributed by atoms with Crippen molar-refractivity contribution in [3.05, 3.63) is 34.9 Å². The summed E-state index contributed by atoms with van der Waals surface area (Å²) in [4.78, 5) is 0. The van der Waals surface area contributed by atoms with Gasteiger partial charge in [0.1, 0.15) is 11.5 Å². The molecule has 0 aromatic heterocycles. The zero-order valence-electron chi connectivity index (χ0n) is 7.12. The van der Waals surface area contributed by atoms with E-state index in [2.05, 4.69) is 6.08 Å². The molecule has 0 radical (unpaired) electrons. The molecule has 1 aromatic rings. The number of hydrogen-bond acceptors (Lipinski definition) is 2. The molecule has 0 bridgehead atoms. The van der Waals surface area contributed by atoms with E-state index in [4.69, 9.17) is 0 Å². The van der Waals surface area contributed by atoms with Gasteiger partial charge in [-0.2, -0.15) is 0 Å². The van der Waals surface area contributed by atoms with Crippen molar-refractivity contribution >= 4 is 0 Å². The van der Waals surface area contributed by atoms with E-state index in [0.717, 1.165) is 24.0 Å². The molecule has 0 aliphatic heterocycles. The first kappa shape index (κ1) is 7.01. The maximum atomic E-state index is 9.64. The summed E-state index contributed by atoms with van der Waals surface area (Å²) in [7, 11) is 0. The number of phenolic OH excluding ortho intramolecular Hbond substituents is 2. The molecule has 0 amide bonds. The lowest BCUT2D eigenvalue weighted by Crippen LogP contribution is -1.96. The van der Waals surface area contributed by atoms with Gasteiger partial charge in [0.25, 0.3) is 0 Å². The molecule has 2 N–H and O–H groups in total. The molecule has 13 heavy (non-hydrogen) atoms. The number of phenols is 2. The molecule has 2 aliphatic rings.